The number of nitrogens with one attached hydrogen (secondary N) is 1. The van der Waals surface area contributed by atoms with E-state index in [4.69, 9.17) is 4.98 Å². The Hall–Kier alpha value is -3.63. The summed E-state index contributed by atoms with van der Waals surface area (Å²) in [5.41, 5.74) is 4.44. The van der Waals surface area contributed by atoms with Gasteiger partial charge < -0.3 is 19.7 Å². The van der Waals surface area contributed by atoms with Gasteiger partial charge in [-0.1, -0.05) is 18.2 Å². The molecule has 1 aliphatic heterocycles. The van der Waals surface area contributed by atoms with Crippen LogP contribution in [0.2, 0.25) is 0 Å². The molecule has 10 heteroatoms. The zero-order valence-electron chi connectivity index (χ0n) is 21.7. The summed E-state index contributed by atoms with van der Waals surface area (Å²) < 4.78 is 27.6. The third-order valence-corrected chi connectivity index (χ3v) is 8.15. The number of hydrogen-bond acceptors (Lipinski definition) is 7. The van der Waals surface area contributed by atoms with Gasteiger partial charge in [0.1, 0.15) is 5.65 Å². The van der Waals surface area contributed by atoms with Gasteiger partial charge in [0.2, 0.25) is 16.0 Å². The van der Waals surface area contributed by atoms with E-state index in [0.717, 1.165) is 41.9 Å². The van der Waals surface area contributed by atoms with Crippen molar-refractivity contribution in [2.45, 2.75) is 19.5 Å². The molecule has 0 saturated carbocycles. The van der Waals surface area contributed by atoms with E-state index in [2.05, 4.69) is 58.3 Å². The van der Waals surface area contributed by atoms with E-state index in [1.165, 1.54) is 16.2 Å². The second kappa shape index (κ2) is 10.0. The number of rotatable bonds is 7. The number of aromatic nitrogens is 3. The summed E-state index contributed by atoms with van der Waals surface area (Å²) in [7, 11) is 0.365. The van der Waals surface area contributed by atoms with E-state index in [0.29, 0.717) is 24.2 Å². The van der Waals surface area contributed by atoms with Crippen LogP contribution in [0.4, 0.5) is 23.0 Å². The van der Waals surface area contributed by atoms with Crippen molar-refractivity contribution < 1.29 is 8.42 Å². The van der Waals surface area contributed by atoms with Gasteiger partial charge in [0.15, 0.2) is 0 Å². The van der Waals surface area contributed by atoms with Crippen molar-refractivity contribution in [1.82, 2.24) is 19.4 Å². The summed E-state index contributed by atoms with van der Waals surface area (Å²) in [5, 5.41) is 4.24. The third-order valence-electron chi connectivity index (χ3n) is 6.96. The SMILES string of the molecule is C[C@@H]1CN(C)CCN1c1ccc(Nc2ncc3ccn(Cc4ccccc4N(C)S(C)(=O)=O)c3n2)cc1. The van der Waals surface area contributed by atoms with Crippen LogP contribution in [0.15, 0.2) is 67.0 Å². The van der Waals surface area contributed by atoms with Crippen molar-refractivity contribution in [3.8, 4) is 0 Å². The molecule has 1 atom stereocenters. The molecule has 1 saturated heterocycles. The molecule has 1 N–H and O–H groups in total. The second-order valence-electron chi connectivity index (χ2n) is 9.75. The Morgan fingerprint density at radius 1 is 1.08 bits per heavy atom. The highest BCUT2D eigenvalue weighted by Gasteiger charge is 2.21. The molecule has 0 amide bonds. The molecule has 3 heterocycles. The third kappa shape index (κ3) is 5.40. The summed E-state index contributed by atoms with van der Waals surface area (Å²) in [4.78, 5) is 14.1. The first kappa shape index (κ1) is 25.0. The summed E-state index contributed by atoms with van der Waals surface area (Å²) in [6.45, 7) is 5.88. The molecule has 2 aromatic carbocycles. The van der Waals surface area contributed by atoms with Crippen LogP contribution in [0.1, 0.15) is 12.5 Å². The van der Waals surface area contributed by atoms with Gasteiger partial charge in [0, 0.05) is 61.9 Å². The average Bonchev–Trinajstić information content (AvgIpc) is 3.26. The summed E-state index contributed by atoms with van der Waals surface area (Å²) in [6.07, 6.45) is 4.96. The van der Waals surface area contributed by atoms with Gasteiger partial charge in [0.05, 0.1) is 18.5 Å². The molecule has 194 valence electrons. The van der Waals surface area contributed by atoms with E-state index in [1.807, 2.05) is 41.1 Å². The molecule has 2 aromatic heterocycles. The molecule has 5 rings (SSSR count). The first-order valence-corrected chi connectivity index (χ1v) is 14.2. The van der Waals surface area contributed by atoms with Crippen molar-refractivity contribution in [3.63, 3.8) is 0 Å². The first-order valence-electron chi connectivity index (χ1n) is 12.3. The van der Waals surface area contributed by atoms with Gasteiger partial charge >= 0.3 is 0 Å². The van der Waals surface area contributed by atoms with Crippen LogP contribution in [0.3, 0.4) is 0 Å². The highest BCUT2D eigenvalue weighted by Crippen LogP contribution is 2.26. The fraction of sp³-hybridized carbons (Fsp3) is 0.333. The van der Waals surface area contributed by atoms with Crippen molar-refractivity contribution in [2.24, 2.45) is 0 Å². The first-order chi connectivity index (χ1) is 17.7. The molecular weight excluding hydrogens is 486 g/mol. The number of benzene rings is 2. The molecule has 1 fully saturated rings. The Morgan fingerprint density at radius 3 is 2.57 bits per heavy atom. The predicted octanol–water partition coefficient (Wildman–Crippen LogP) is 3.76. The minimum atomic E-state index is -3.37. The minimum absolute atomic E-state index is 0.471. The van der Waals surface area contributed by atoms with Gasteiger partial charge in [-0.05, 0) is 55.9 Å². The van der Waals surface area contributed by atoms with Gasteiger partial charge in [-0.25, -0.2) is 13.4 Å². The number of nitrogens with zero attached hydrogens (tertiary/aromatic N) is 6. The van der Waals surface area contributed by atoms with Crippen molar-refractivity contribution in [1.29, 1.82) is 0 Å². The lowest BCUT2D eigenvalue weighted by Crippen LogP contribution is -2.50. The molecule has 9 nitrogen and oxygen atoms in total. The standard InChI is InChI=1S/C27H33N7O2S/c1-20-18-31(2)15-16-34(20)24-11-9-23(10-12-24)29-27-28-17-21-13-14-33(26(21)30-27)19-22-7-5-6-8-25(22)32(3)37(4,35)36/h5-14,17,20H,15-16,18-19H2,1-4H3,(H,28,29,30)/t20-/m1/s1. The maximum atomic E-state index is 12.1. The van der Waals surface area contributed by atoms with E-state index in [9.17, 15) is 8.42 Å². The normalized spacial score (nSPS) is 16.8. The quantitative estimate of drug-likeness (QED) is 0.398. The largest absolute Gasteiger partial charge is 0.366 e. The van der Waals surface area contributed by atoms with Gasteiger partial charge in [-0.3, -0.25) is 4.31 Å². The van der Waals surface area contributed by atoms with Crippen LogP contribution >= 0.6 is 0 Å². The molecule has 0 unspecified atom stereocenters. The molecule has 0 bridgehead atoms. The topological polar surface area (TPSA) is 86.6 Å². The Kier molecular flexibility index (Phi) is 6.78. The van der Waals surface area contributed by atoms with Gasteiger partial charge in [-0.2, -0.15) is 4.98 Å². The molecule has 0 radical (unpaired) electrons. The Labute approximate surface area is 218 Å². The fourth-order valence-corrected chi connectivity index (χ4v) is 5.40. The molecule has 37 heavy (non-hydrogen) atoms. The van der Waals surface area contributed by atoms with E-state index in [1.54, 1.807) is 13.2 Å². The summed E-state index contributed by atoms with van der Waals surface area (Å²) in [5.74, 6) is 0.509. The number of likely N-dealkylation sites (N-methyl/N-ethyl adjacent to an activating group) is 1. The fourth-order valence-electron chi connectivity index (χ4n) is 4.86. The summed E-state index contributed by atoms with van der Waals surface area (Å²) in [6, 6.07) is 18.3. The zero-order valence-corrected chi connectivity index (χ0v) is 22.5. The molecular formula is C27H33N7O2S. The number of sulfonamides is 1. The van der Waals surface area contributed by atoms with Crippen LogP contribution < -0.4 is 14.5 Å². The Bertz CT molecular complexity index is 1500. The molecule has 4 aromatic rings. The number of hydrogen-bond donors (Lipinski definition) is 1. The highest BCUT2D eigenvalue weighted by atomic mass is 32.2. The van der Waals surface area contributed by atoms with Crippen molar-refractivity contribution >= 4 is 44.1 Å². The highest BCUT2D eigenvalue weighted by molar-refractivity contribution is 7.92. The lowest BCUT2D eigenvalue weighted by atomic mass is 10.1. The van der Waals surface area contributed by atoms with E-state index in [-0.39, 0.29) is 0 Å². The molecule has 0 aliphatic carbocycles. The average molecular weight is 520 g/mol. The lowest BCUT2D eigenvalue weighted by Gasteiger charge is -2.39. The number of para-hydroxylation sites is 1. The van der Waals surface area contributed by atoms with Crippen LogP contribution in [0, 0.1) is 0 Å². The Balaban J connectivity index is 1.36. The lowest BCUT2D eigenvalue weighted by molar-refractivity contribution is 0.275. The zero-order chi connectivity index (χ0) is 26.2. The van der Waals surface area contributed by atoms with Gasteiger partial charge in [-0.15, -0.1) is 0 Å². The number of anilines is 4. The van der Waals surface area contributed by atoms with Crippen molar-refractivity contribution in [3.05, 3.63) is 72.6 Å². The summed E-state index contributed by atoms with van der Waals surface area (Å²) >= 11 is 0. The van der Waals surface area contributed by atoms with Crippen LogP contribution in [-0.4, -0.2) is 73.9 Å². The number of piperazine rings is 1. The maximum absolute atomic E-state index is 12.1. The number of fused-ring (bicyclic) bond motifs is 1. The van der Waals surface area contributed by atoms with Crippen LogP contribution in [0.25, 0.3) is 11.0 Å². The smallest absolute Gasteiger partial charge is 0.232 e. The minimum Gasteiger partial charge on any atom is -0.366 e. The Morgan fingerprint density at radius 2 is 1.84 bits per heavy atom. The second-order valence-corrected chi connectivity index (χ2v) is 11.8. The molecule has 1 aliphatic rings. The predicted molar refractivity (Wildman–Crippen MR) is 150 cm³/mol. The van der Waals surface area contributed by atoms with Crippen LogP contribution in [0.5, 0.6) is 0 Å². The van der Waals surface area contributed by atoms with E-state index >= 15 is 0 Å². The van der Waals surface area contributed by atoms with E-state index < -0.39 is 10.0 Å². The maximum Gasteiger partial charge on any atom is 0.232 e. The molecule has 0 spiro atoms. The van der Waals surface area contributed by atoms with Crippen molar-refractivity contribution in [2.75, 3.05) is 54.5 Å². The van der Waals surface area contributed by atoms with Crippen LogP contribution in [-0.2, 0) is 16.6 Å². The monoisotopic (exact) mass is 519 g/mol. The van der Waals surface area contributed by atoms with Gasteiger partial charge in [0.25, 0.3) is 0 Å².